The first-order valence-electron chi connectivity index (χ1n) is 5.73. The molecule has 1 rings (SSSR count). The lowest BCUT2D eigenvalue weighted by molar-refractivity contribution is -0.126. The first-order chi connectivity index (χ1) is 8.02. The maximum Gasteiger partial charge on any atom is 0.244 e. The molecule has 0 aliphatic rings. The van der Waals surface area contributed by atoms with E-state index < -0.39 is 5.41 Å². The van der Waals surface area contributed by atoms with Gasteiger partial charge in [-0.1, -0.05) is 19.1 Å². The normalized spacial score (nSPS) is 11.3. The van der Waals surface area contributed by atoms with Crippen molar-refractivity contribution >= 4 is 17.7 Å². The molecule has 0 heterocycles. The highest BCUT2D eigenvalue weighted by Gasteiger charge is 2.29. The summed E-state index contributed by atoms with van der Waals surface area (Å²) in [7, 11) is 1.69. The number of hydrogen-bond acceptors (Lipinski definition) is 3. The molecule has 0 saturated heterocycles. The molecule has 0 aromatic heterocycles. The van der Waals surface area contributed by atoms with Gasteiger partial charge in [-0.3, -0.25) is 10.2 Å². The van der Waals surface area contributed by atoms with E-state index in [1.165, 1.54) is 4.90 Å². The monoisotopic (exact) mass is 252 g/mol. The summed E-state index contributed by atoms with van der Waals surface area (Å²) < 4.78 is 0. The van der Waals surface area contributed by atoms with E-state index in [-0.39, 0.29) is 5.91 Å². The van der Waals surface area contributed by atoms with Gasteiger partial charge in [0.15, 0.2) is 0 Å². The van der Waals surface area contributed by atoms with Crippen LogP contribution in [0.4, 0.5) is 0 Å². The second-order valence-corrected chi connectivity index (χ2v) is 5.62. The molecule has 1 amide bonds. The van der Waals surface area contributed by atoms with Gasteiger partial charge in [0.25, 0.3) is 0 Å². The summed E-state index contributed by atoms with van der Waals surface area (Å²) in [6, 6.07) is 8.18. The number of rotatable bonds is 5. The molecule has 1 aromatic rings. The van der Waals surface area contributed by atoms with E-state index in [1.807, 2.05) is 26.0 Å². The highest BCUT2D eigenvalue weighted by molar-refractivity contribution is 7.99. The van der Waals surface area contributed by atoms with E-state index >= 15 is 0 Å². The molecule has 0 unspecified atom stereocenters. The molecule has 1 aromatic carbocycles. The number of thioether (sulfide) groups is 1. The van der Waals surface area contributed by atoms with Gasteiger partial charge in [-0.15, -0.1) is 11.8 Å². The SMILES string of the molecule is CCSc1ccc(C(C)(C)C(=O)NNC)cc1. The predicted octanol–water partition coefficient (Wildman–Crippen LogP) is 2.33. The van der Waals surface area contributed by atoms with Crippen molar-refractivity contribution < 1.29 is 4.79 Å². The van der Waals surface area contributed by atoms with E-state index in [0.29, 0.717) is 0 Å². The van der Waals surface area contributed by atoms with Crippen LogP contribution in [0.15, 0.2) is 29.2 Å². The third kappa shape index (κ3) is 3.48. The van der Waals surface area contributed by atoms with Gasteiger partial charge >= 0.3 is 0 Å². The van der Waals surface area contributed by atoms with Gasteiger partial charge in [0.1, 0.15) is 0 Å². The zero-order valence-corrected chi connectivity index (χ0v) is 11.6. The molecule has 94 valence electrons. The van der Waals surface area contributed by atoms with Crippen LogP contribution >= 0.6 is 11.8 Å². The molecule has 0 aliphatic carbocycles. The fraction of sp³-hybridized carbons (Fsp3) is 0.462. The third-order valence-electron chi connectivity index (χ3n) is 2.69. The van der Waals surface area contributed by atoms with Crippen molar-refractivity contribution in [2.45, 2.75) is 31.1 Å². The average Bonchev–Trinajstić information content (AvgIpc) is 2.30. The Morgan fingerprint density at radius 2 is 1.88 bits per heavy atom. The lowest BCUT2D eigenvalue weighted by Gasteiger charge is -2.24. The van der Waals surface area contributed by atoms with Gasteiger partial charge < -0.3 is 0 Å². The van der Waals surface area contributed by atoms with E-state index in [4.69, 9.17) is 0 Å². The molecule has 0 aliphatic heterocycles. The summed E-state index contributed by atoms with van der Waals surface area (Å²) in [5.41, 5.74) is 5.79. The fourth-order valence-electron chi connectivity index (χ4n) is 1.54. The number of amides is 1. The highest BCUT2D eigenvalue weighted by atomic mass is 32.2. The van der Waals surface area contributed by atoms with E-state index in [2.05, 4.69) is 29.9 Å². The molecule has 0 radical (unpaired) electrons. The lowest BCUT2D eigenvalue weighted by Crippen LogP contribution is -2.45. The van der Waals surface area contributed by atoms with Crippen LogP contribution in [0.25, 0.3) is 0 Å². The Kier molecular flexibility index (Phi) is 5.02. The summed E-state index contributed by atoms with van der Waals surface area (Å²) in [5.74, 6) is 1.03. The highest BCUT2D eigenvalue weighted by Crippen LogP contribution is 2.26. The van der Waals surface area contributed by atoms with Crippen LogP contribution in [0.2, 0.25) is 0 Å². The molecule has 0 spiro atoms. The Morgan fingerprint density at radius 1 is 1.29 bits per heavy atom. The Bertz CT molecular complexity index is 374. The van der Waals surface area contributed by atoms with Crippen molar-refractivity contribution in [2.75, 3.05) is 12.8 Å². The summed E-state index contributed by atoms with van der Waals surface area (Å²) in [4.78, 5) is 13.1. The molecule has 3 nitrogen and oxygen atoms in total. The molecule has 0 saturated carbocycles. The Labute approximate surface area is 107 Å². The van der Waals surface area contributed by atoms with Gasteiger partial charge in [0.05, 0.1) is 5.41 Å². The standard InChI is InChI=1S/C13H20N2OS/c1-5-17-11-8-6-10(7-9-11)13(2,3)12(16)15-14-4/h6-9,14H,5H2,1-4H3,(H,15,16). The van der Waals surface area contributed by atoms with Crippen molar-refractivity contribution in [3.05, 3.63) is 29.8 Å². The van der Waals surface area contributed by atoms with Gasteiger partial charge in [-0.25, -0.2) is 5.43 Å². The van der Waals surface area contributed by atoms with Crippen LogP contribution in [0.3, 0.4) is 0 Å². The van der Waals surface area contributed by atoms with Crippen molar-refractivity contribution in [1.29, 1.82) is 0 Å². The van der Waals surface area contributed by atoms with Gasteiger partial charge in [0.2, 0.25) is 5.91 Å². The number of benzene rings is 1. The first kappa shape index (κ1) is 14.1. The van der Waals surface area contributed by atoms with E-state index in [0.717, 1.165) is 11.3 Å². The molecule has 0 fully saturated rings. The topological polar surface area (TPSA) is 41.1 Å². The van der Waals surface area contributed by atoms with Gasteiger partial charge in [0, 0.05) is 11.9 Å². The second kappa shape index (κ2) is 6.07. The predicted molar refractivity (Wildman–Crippen MR) is 73.1 cm³/mol. The van der Waals surface area contributed by atoms with Crippen molar-refractivity contribution in [3.8, 4) is 0 Å². The van der Waals surface area contributed by atoms with E-state index in [1.54, 1.807) is 18.8 Å². The molecule has 0 atom stereocenters. The summed E-state index contributed by atoms with van der Waals surface area (Å²) in [5, 5.41) is 0. The minimum Gasteiger partial charge on any atom is -0.291 e. The van der Waals surface area contributed by atoms with E-state index in [9.17, 15) is 4.79 Å². The average molecular weight is 252 g/mol. The van der Waals surface area contributed by atoms with Crippen LogP contribution in [0.5, 0.6) is 0 Å². The Balaban J connectivity index is 2.87. The third-order valence-corrected chi connectivity index (χ3v) is 3.59. The number of hydrazine groups is 1. The lowest BCUT2D eigenvalue weighted by atomic mass is 9.84. The first-order valence-corrected chi connectivity index (χ1v) is 6.71. The maximum absolute atomic E-state index is 11.9. The molecule has 4 heteroatoms. The second-order valence-electron chi connectivity index (χ2n) is 4.29. The molecule has 17 heavy (non-hydrogen) atoms. The quantitative estimate of drug-likeness (QED) is 0.624. The largest absolute Gasteiger partial charge is 0.291 e. The number of nitrogens with one attached hydrogen (secondary N) is 2. The van der Waals surface area contributed by atoms with Crippen LogP contribution in [-0.2, 0) is 10.2 Å². The van der Waals surface area contributed by atoms with Crippen molar-refractivity contribution in [1.82, 2.24) is 10.9 Å². The van der Waals surface area contributed by atoms with Crippen LogP contribution < -0.4 is 10.9 Å². The molecular weight excluding hydrogens is 232 g/mol. The van der Waals surface area contributed by atoms with Crippen LogP contribution in [0.1, 0.15) is 26.3 Å². The Morgan fingerprint density at radius 3 is 2.35 bits per heavy atom. The van der Waals surface area contributed by atoms with Gasteiger partial charge in [-0.05, 0) is 37.3 Å². The zero-order valence-electron chi connectivity index (χ0n) is 10.8. The minimum absolute atomic E-state index is 0.0316. The number of carbonyl (C=O) groups is 1. The smallest absolute Gasteiger partial charge is 0.244 e. The van der Waals surface area contributed by atoms with Gasteiger partial charge in [-0.2, -0.15) is 0 Å². The number of carbonyl (C=O) groups excluding carboxylic acids is 1. The summed E-state index contributed by atoms with van der Waals surface area (Å²) in [6.45, 7) is 5.96. The van der Waals surface area contributed by atoms with Crippen molar-refractivity contribution in [2.24, 2.45) is 0 Å². The number of hydrogen-bond donors (Lipinski definition) is 2. The zero-order chi connectivity index (χ0) is 12.9. The Hall–Kier alpha value is -1.00. The van der Waals surface area contributed by atoms with Crippen LogP contribution in [0, 0.1) is 0 Å². The molecular formula is C13H20N2OS. The minimum atomic E-state index is -0.529. The maximum atomic E-state index is 11.9. The summed E-state index contributed by atoms with van der Waals surface area (Å²) in [6.07, 6.45) is 0. The molecule has 0 bridgehead atoms. The van der Waals surface area contributed by atoms with Crippen molar-refractivity contribution in [3.63, 3.8) is 0 Å². The summed E-state index contributed by atoms with van der Waals surface area (Å²) >= 11 is 1.80. The molecule has 2 N–H and O–H groups in total. The fourth-order valence-corrected chi connectivity index (χ4v) is 2.20. The van der Waals surface area contributed by atoms with Crippen LogP contribution in [-0.4, -0.2) is 18.7 Å².